The molecule has 2 aromatic rings. The van der Waals surface area contributed by atoms with E-state index in [0.717, 1.165) is 18.7 Å². The largest absolute Gasteiger partial charge is 0.306 e. The Morgan fingerprint density at radius 2 is 2.28 bits per heavy atom. The summed E-state index contributed by atoms with van der Waals surface area (Å²) in [4.78, 5) is 4.27. The number of nitrogens with one attached hydrogen (secondary N) is 1. The number of halogens is 1. The van der Waals surface area contributed by atoms with Crippen molar-refractivity contribution in [3.05, 3.63) is 50.4 Å². The van der Waals surface area contributed by atoms with E-state index < -0.39 is 0 Å². The maximum absolute atomic E-state index is 4.27. The van der Waals surface area contributed by atoms with Crippen molar-refractivity contribution in [3.63, 3.8) is 0 Å². The van der Waals surface area contributed by atoms with Crippen LogP contribution in [-0.2, 0) is 0 Å². The maximum Gasteiger partial charge on any atom is 0.0597 e. The lowest BCUT2D eigenvalue weighted by Gasteiger charge is -2.19. The molecule has 1 unspecified atom stereocenters. The van der Waals surface area contributed by atoms with Crippen LogP contribution in [0, 0.1) is 6.92 Å². The molecule has 0 spiro atoms. The molecule has 2 heterocycles. The Kier molecular flexibility index (Phi) is 4.92. The van der Waals surface area contributed by atoms with E-state index >= 15 is 0 Å². The van der Waals surface area contributed by atoms with Gasteiger partial charge in [-0.2, -0.15) is 11.3 Å². The Bertz CT molecular complexity index is 510. The van der Waals surface area contributed by atoms with Crippen LogP contribution in [0.15, 0.2) is 33.6 Å². The van der Waals surface area contributed by atoms with Crippen LogP contribution in [0.25, 0.3) is 0 Å². The number of aryl methyl sites for hydroxylation is 1. The van der Waals surface area contributed by atoms with Crippen LogP contribution < -0.4 is 5.32 Å². The van der Waals surface area contributed by atoms with Gasteiger partial charge in [-0.3, -0.25) is 4.98 Å². The quantitative estimate of drug-likeness (QED) is 0.886. The van der Waals surface area contributed by atoms with E-state index in [1.165, 1.54) is 15.6 Å². The molecule has 2 rings (SSSR count). The predicted octanol–water partition coefficient (Wildman–Crippen LogP) is 4.30. The average molecular weight is 325 g/mol. The zero-order valence-electron chi connectivity index (χ0n) is 10.6. The van der Waals surface area contributed by atoms with E-state index in [4.69, 9.17) is 0 Å². The standard InChI is InChI=1S/C14H17BrN2S/c1-3-5-17-14(12-8-18-9-13(12)15)11-4-6-16-10(2)7-11/h4,6-9,14,17H,3,5H2,1-2H3. The lowest BCUT2D eigenvalue weighted by Crippen LogP contribution is -2.23. The number of rotatable bonds is 5. The molecule has 0 bridgehead atoms. The minimum Gasteiger partial charge on any atom is -0.306 e. The first-order valence-electron chi connectivity index (χ1n) is 6.10. The molecule has 96 valence electrons. The summed E-state index contributed by atoms with van der Waals surface area (Å²) in [6, 6.07) is 4.48. The summed E-state index contributed by atoms with van der Waals surface area (Å²) in [7, 11) is 0. The third-order valence-corrected chi connectivity index (χ3v) is 4.56. The van der Waals surface area contributed by atoms with E-state index in [1.807, 2.05) is 13.1 Å². The molecule has 0 fully saturated rings. The van der Waals surface area contributed by atoms with Gasteiger partial charge in [-0.05, 0) is 64.5 Å². The summed E-state index contributed by atoms with van der Waals surface area (Å²) in [6.07, 6.45) is 3.01. The fourth-order valence-corrected chi connectivity index (χ4v) is 3.49. The highest BCUT2D eigenvalue weighted by atomic mass is 79.9. The number of pyridine rings is 1. The molecular formula is C14H17BrN2S. The van der Waals surface area contributed by atoms with E-state index in [-0.39, 0.29) is 6.04 Å². The Balaban J connectivity index is 2.33. The van der Waals surface area contributed by atoms with Gasteiger partial charge in [0.05, 0.1) is 6.04 Å². The summed E-state index contributed by atoms with van der Waals surface area (Å²) >= 11 is 5.35. The first-order chi connectivity index (χ1) is 8.72. The van der Waals surface area contributed by atoms with Crippen LogP contribution in [0.2, 0.25) is 0 Å². The van der Waals surface area contributed by atoms with Gasteiger partial charge in [0.1, 0.15) is 0 Å². The van der Waals surface area contributed by atoms with Crippen LogP contribution >= 0.6 is 27.3 Å². The number of thiophene rings is 1. The van der Waals surface area contributed by atoms with Gasteiger partial charge in [0.15, 0.2) is 0 Å². The summed E-state index contributed by atoms with van der Waals surface area (Å²) in [5.41, 5.74) is 3.64. The Labute approximate surface area is 121 Å². The molecule has 0 saturated carbocycles. The highest BCUT2D eigenvalue weighted by molar-refractivity contribution is 9.10. The second-order valence-corrected chi connectivity index (χ2v) is 5.89. The maximum atomic E-state index is 4.27. The first-order valence-corrected chi connectivity index (χ1v) is 7.83. The first kappa shape index (κ1) is 13.7. The average Bonchev–Trinajstić information content (AvgIpc) is 2.77. The number of aromatic nitrogens is 1. The molecule has 0 saturated heterocycles. The third-order valence-electron chi connectivity index (χ3n) is 2.81. The fourth-order valence-electron chi connectivity index (χ4n) is 1.94. The van der Waals surface area contributed by atoms with Gasteiger partial charge < -0.3 is 5.32 Å². The monoisotopic (exact) mass is 324 g/mol. The lowest BCUT2D eigenvalue weighted by molar-refractivity contribution is 0.597. The Morgan fingerprint density at radius 3 is 2.89 bits per heavy atom. The second-order valence-electron chi connectivity index (χ2n) is 4.29. The second kappa shape index (κ2) is 6.45. The normalized spacial score (nSPS) is 12.6. The van der Waals surface area contributed by atoms with Crippen LogP contribution in [0.1, 0.15) is 36.2 Å². The van der Waals surface area contributed by atoms with Gasteiger partial charge in [0, 0.05) is 21.7 Å². The van der Waals surface area contributed by atoms with Gasteiger partial charge in [-0.25, -0.2) is 0 Å². The molecule has 0 aliphatic carbocycles. The molecule has 2 aromatic heterocycles. The van der Waals surface area contributed by atoms with Crippen molar-refractivity contribution in [2.24, 2.45) is 0 Å². The van der Waals surface area contributed by atoms with E-state index in [1.54, 1.807) is 11.3 Å². The lowest BCUT2D eigenvalue weighted by atomic mass is 10.0. The molecule has 1 N–H and O–H groups in total. The summed E-state index contributed by atoms with van der Waals surface area (Å²) in [5, 5.41) is 7.94. The highest BCUT2D eigenvalue weighted by Crippen LogP contribution is 2.31. The Hall–Kier alpha value is -0.710. The van der Waals surface area contributed by atoms with Crippen molar-refractivity contribution in [1.82, 2.24) is 10.3 Å². The topological polar surface area (TPSA) is 24.9 Å². The number of nitrogens with zero attached hydrogens (tertiary/aromatic N) is 1. The van der Waals surface area contributed by atoms with Crippen molar-refractivity contribution < 1.29 is 0 Å². The van der Waals surface area contributed by atoms with Crippen molar-refractivity contribution in [3.8, 4) is 0 Å². The minimum atomic E-state index is 0.243. The zero-order valence-corrected chi connectivity index (χ0v) is 13.0. The molecule has 0 aliphatic rings. The molecular weight excluding hydrogens is 308 g/mol. The molecule has 0 aromatic carbocycles. The molecule has 0 aliphatic heterocycles. The Morgan fingerprint density at radius 1 is 1.44 bits per heavy atom. The molecule has 1 atom stereocenters. The van der Waals surface area contributed by atoms with E-state index in [2.05, 4.69) is 56.0 Å². The van der Waals surface area contributed by atoms with Gasteiger partial charge in [0.25, 0.3) is 0 Å². The van der Waals surface area contributed by atoms with E-state index in [0.29, 0.717) is 0 Å². The molecule has 0 amide bonds. The summed E-state index contributed by atoms with van der Waals surface area (Å²) < 4.78 is 1.18. The van der Waals surface area contributed by atoms with Gasteiger partial charge in [-0.15, -0.1) is 0 Å². The highest BCUT2D eigenvalue weighted by Gasteiger charge is 2.17. The minimum absolute atomic E-state index is 0.243. The molecule has 0 radical (unpaired) electrons. The van der Waals surface area contributed by atoms with Gasteiger partial charge >= 0.3 is 0 Å². The third kappa shape index (κ3) is 3.19. The van der Waals surface area contributed by atoms with Crippen LogP contribution in [0.3, 0.4) is 0 Å². The van der Waals surface area contributed by atoms with Crippen molar-refractivity contribution in [2.45, 2.75) is 26.3 Å². The van der Waals surface area contributed by atoms with Gasteiger partial charge in [0.2, 0.25) is 0 Å². The molecule has 18 heavy (non-hydrogen) atoms. The van der Waals surface area contributed by atoms with Gasteiger partial charge in [-0.1, -0.05) is 6.92 Å². The number of hydrogen-bond acceptors (Lipinski definition) is 3. The molecule has 2 nitrogen and oxygen atoms in total. The number of hydrogen-bond donors (Lipinski definition) is 1. The van der Waals surface area contributed by atoms with E-state index in [9.17, 15) is 0 Å². The summed E-state index contributed by atoms with van der Waals surface area (Å²) in [5.74, 6) is 0. The van der Waals surface area contributed by atoms with Crippen molar-refractivity contribution >= 4 is 27.3 Å². The van der Waals surface area contributed by atoms with Crippen molar-refractivity contribution in [2.75, 3.05) is 6.54 Å². The van der Waals surface area contributed by atoms with Crippen LogP contribution in [0.4, 0.5) is 0 Å². The van der Waals surface area contributed by atoms with Crippen molar-refractivity contribution in [1.29, 1.82) is 0 Å². The summed E-state index contributed by atoms with van der Waals surface area (Å²) in [6.45, 7) is 5.22. The smallest absolute Gasteiger partial charge is 0.0597 e. The fraction of sp³-hybridized carbons (Fsp3) is 0.357. The van der Waals surface area contributed by atoms with Crippen LogP contribution in [0.5, 0.6) is 0 Å². The zero-order chi connectivity index (χ0) is 13.0. The molecule has 4 heteroatoms. The predicted molar refractivity (Wildman–Crippen MR) is 81.1 cm³/mol. The SMILES string of the molecule is CCCNC(c1ccnc(C)c1)c1cscc1Br. The van der Waals surface area contributed by atoms with Crippen LogP contribution in [-0.4, -0.2) is 11.5 Å².